The van der Waals surface area contributed by atoms with Crippen LogP contribution in [0, 0.1) is 0 Å². The zero-order valence-corrected chi connectivity index (χ0v) is 29.2. The Labute approximate surface area is 271 Å². The van der Waals surface area contributed by atoms with Crippen molar-refractivity contribution in [3.63, 3.8) is 0 Å². The maximum atomic E-state index is 13.2. The molecule has 0 bridgehead atoms. The van der Waals surface area contributed by atoms with Crippen LogP contribution in [0.5, 0.6) is 0 Å². The van der Waals surface area contributed by atoms with Crippen LogP contribution in [-0.4, -0.2) is 65.3 Å². The van der Waals surface area contributed by atoms with Gasteiger partial charge in [0.25, 0.3) is 5.56 Å². The highest BCUT2D eigenvalue weighted by Gasteiger charge is 2.25. The molecule has 0 radical (unpaired) electrons. The van der Waals surface area contributed by atoms with E-state index in [9.17, 15) is 14.5 Å². The Morgan fingerprint density at radius 2 is 1.42 bits per heavy atom. The Balaban J connectivity index is 1.45. The molecule has 2 aromatic heterocycles. The van der Waals surface area contributed by atoms with Crippen molar-refractivity contribution in [1.82, 2.24) is 20.3 Å². The van der Waals surface area contributed by atoms with Gasteiger partial charge < -0.3 is 34.2 Å². The number of rotatable bonds is 31. The van der Waals surface area contributed by atoms with Crippen molar-refractivity contribution in [2.24, 2.45) is 0 Å². The van der Waals surface area contributed by atoms with Gasteiger partial charge in [-0.05, 0) is 26.2 Å². The van der Waals surface area contributed by atoms with Crippen molar-refractivity contribution in [1.29, 1.82) is 0 Å². The number of aromatic nitrogens is 3. The summed E-state index contributed by atoms with van der Waals surface area (Å²) in [6, 6.07) is -0.308. The third-order valence-corrected chi connectivity index (χ3v) is 10.3. The van der Waals surface area contributed by atoms with E-state index >= 15 is 0 Å². The third kappa shape index (κ3) is 17.8. The van der Waals surface area contributed by atoms with Crippen molar-refractivity contribution in [2.75, 3.05) is 39.2 Å². The molecule has 0 aromatic carbocycles. The molecule has 0 spiro atoms. The van der Waals surface area contributed by atoms with E-state index in [1.165, 1.54) is 103 Å². The van der Waals surface area contributed by atoms with E-state index in [1.54, 1.807) is 13.1 Å². The van der Waals surface area contributed by atoms with Crippen LogP contribution in [0.2, 0.25) is 0 Å². The Kier molecular flexibility index (Phi) is 22.5. The molecule has 45 heavy (non-hydrogen) atoms. The van der Waals surface area contributed by atoms with Crippen molar-refractivity contribution in [2.45, 2.75) is 142 Å². The fourth-order valence-electron chi connectivity index (χ4n) is 5.55. The predicted molar refractivity (Wildman–Crippen MR) is 184 cm³/mol. The van der Waals surface area contributed by atoms with Gasteiger partial charge in [0.05, 0.1) is 37.8 Å². The zero-order chi connectivity index (χ0) is 32.4. The van der Waals surface area contributed by atoms with Gasteiger partial charge >= 0.3 is 7.60 Å². The molecule has 0 amide bonds. The standard InChI is InChI=1S/C34H63N4O6P/c1-3-5-6-7-8-9-10-11-12-13-14-15-16-17-18-19-22-42-23-20-24-44-45(41,43-4-2)25-21-31(28-39)35-26-30-27-36-33-32(30)37-29-38-34(33)40/h27,29,31,35-36,39H,3-26,28H2,1-2H3,(H,37,38,40)/t31-,45?/m0/s1. The summed E-state index contributed by atoms with van der Waals surface area (Å²) in [6.45, 7) is 6.28. The minimum absolute atomic E-state index is 0.129. The van der Waals surface area contributed by atoms with Gasteiger partial charge in [-0.2, -0.15) is 0 Å². The minimum Gasteiger partial charge on any atom is -0.395 e. The summed E-state index contributed by atoms with van der Waals surface area (Å²) in [4.78, 5) is 21.6. The van der Waals surface area contributed by atoms with Gasteiger partial charge in [0.2, 0.25) is 0 Å². The number of H-pyrrole nitrogens is 2. The first-order valence-electron chi connectivity index (χ1n) is 17.9. The van der Waals surface area contributed by atoms with Gasteiger partial charge in [-0.3, -0.25) is 9.36 Å². The molecule has 2 atom stereocenters. The number of hydrogen-bond donors (Lipinski definition) is 4. The van der Waals surface area contributed by atoms with Gasteiger partial charge in [0, 0.05) is 37.6 Å². The zero-order valence-electron chi connectivity index (χ0n) is 28.3. The number of nitrogens with zero attached hydrogens (tertiary/aromatic N) is 1. The normalized spacial score (nSPS) is 13.8. The van der Waals surface area contributed by atoms with Gasteiger partial charge in [-0.15, -0.1) is 0 Å². The van der Waals surface area contributed by atoms with E-state index in [0.29, 0.717) is 50.2 Å². The summed E-state index contributed by atoms with van der Waals surface area (Å²) in [7, 11) is -3.28. The molecule has 0 saturated carbocycles. The van der Waals surface area contributed by atoms with Crippen molar-refractivity contribution in [3.05, 3.63) is 28.4 Å². The average molecular weight is 655 g/mol. The number of aliphatic hydroxyl groups is 1. The molecule has 2 heterocycles. The third-order valence-electron chi connectivity index (χ3n) is 8.29. The monoisotopic (exact) mass is 654 g/mol. The Morgan fingerprint density at radius 1 is 0.822 bits per heavy atom. The molecule has 2 aromatic rings. The predicted octanol–water partition coefficient (Wildman–Crippen LogP) is 8.01. The highest BCUT2D eigenvalue weighted by atomic mass is 31.2. The lowest BCUT2D eigenvalue weighted by Gasteiger charge is -2.21. The molecule has 0 fully saturated rings. The number of aromatic amines is 2. The minimum atomic E-state index is -3.28. The maximum absolute atomic E-state index is 13.2. The van der Waals surface area contributed by atoms with E-state index in [0.717, 1.165) is 18.6 Å². The smallest absolute Gasteiger partial charge is 0.330 e. The van der Waals surface area contributed by atoms with E-state index in [4.69, 9.17) is 13.8 Å². The van der Waals surface area contributed by atoms with E-state index in [2.05, 4.69) is 27.2 Å². The highest BCUT2D eigenvalue weighted by molar-refractivity contribution is 7.53. The first-order valence-corrected chi connectivity index (χ1v) is 19.6. The summed E-state index contributed by atoms with van der Waals surface area (Å²) in [5, 5.41) is 13.1. The molecule has 11 heteroatoms. The number of nitrogens with one attached hydrogen (secondary N) is 3. The largest absolute Gasteiger partial charge is 0.395 e. The summed E-state index contributed by atoms with van der Waals surface area (Å²) in [5.74, 6) is 0. The molecule has 2 rings (SSSR count). The Bertz CT molecular complexity index is 1090. The van der Waals surface area contributed by atoms with Gasteiger partial charge in [-0.1, -0.05) is 103 Å². The van der Waals surface area contributed by atoms with Crippen LogP contribution in [0.3, 0.4) is 0 Å². The number of hydrogen-bond acceptors (Lipinski definition) is 8. The van der Waals surface area contributed by atoms with Crippen molar-refractivity contribution in [3.8, 4) is 0 Å². The number of ether oxygens (including phenoxy) is 1. The molecule has 10 nitrogen and oxygen atoms in total. The van der Waals surface area contributed by atoms with Crippen LogP contribution in [0.1, 0.15) is 135 Å². The lowest BCUT2D eigenvalue weighted by molar-refractivity contribution is 0.111. The van der Waals surface area contributed by atoms with E-state index < -0.39 is 7.60 Å². The van der Waals surface area contributed by atoms with Crippen LogP contribution >= 0.6 is 7.60 Å². The van der Waals surface area contributed by atoms with Crippen LogP contribution in [0.25, 0.3) is 11.0 Å². The Hall–Kier alpha value is -1.55. The summed E-state index contributed by atoms with van der Waals surface area (Å²) in [5.41, 5.74) is 1.59. The Morgan fingerprint density at radius 3 is 2.02 bits per heavy atom. The number of aliphatic hydroxyl groups excluding tert-OH is 1. The summed E-state index contributed by atoms with van der Waals surface area (Å²) >= 11 is 0. The quantitative estimate of drug-likeness (QED) is 0.0474. The second-order valence-electron chi connectivity index (χ2n) is 12.2. The molecular formula is C34H63N4O6P. The molecule has 1 unspecified atom stereocenters. The van der Waals surface area contributed by atoms with Crippen LogP contribution < -0.4 is 10.9 Å². The topological polar surface area (TPSA) is 139 Å². The van der Waals surface area contributed by atoms with E-state index in [1.807, 2.05) is 0 Å². The molecule has 0 aliphatic rings. The number of unbranched alkanes of at least 4 members (excludes halogenated alkanes) is 15. The number of fused-ring (bicyclic) bond motifs is 1. The lowest BCUT2D eigenvalue weighted by atomic mass is 10.0. The van der Waals surface area contributed by atoms with Crippen LogP contribution in [0.15, 0.2) is 17.3 Å². The van der Waals surface area contributed by atoms with Crippen molar-refractivity contribution >= 4 is 18.6 Å². The molecule has 0 aliphatic heterocycles. The maximum Gasteiger partial charge on any atom is 0.330 e. The van der Waals surface area contributed by atoms with Crippen LogP contribution in [-0.2, 0) is 24.9 Å². The molecular weight excluding hydrogens is 591 g/mol. The van der Waals surface area contributed by atoms with Gasteiger partial charge in [0.15, 0.2) is 0 Å². The molecule has 260 valence electrons. The fraction of sp³-hybridized carbons (Fsp3) is 0.824. The first-order chi connectivity index (χ1) is 22.0. The average Bonchev–Trinajstić information content (AvgIpc) is 3.46. The molecule has 4 N–H and O–H groups in total. The van der Waals surface area contributed by atoms with E-state index in [-0.39, 0.29) is 24.4 Å². The SMILES string of the molecule is CCCCCCCCCCCCCCCCCCOCCCOP(=O)(CC[C@@H](CO)NCc1c[nH]c2c(=O)[nH]cnc12)OCC. The molecule has 0 saturated heterocycles. The first kappa shape index (κ1) is 39.6. The van der Waals surface area contributed by atoms with Crippen LogP contribution in [0.4, 0.5) is 0 Å². The lowest BCUT2D eigenvalue weighted by Crippen LogP contribution is -2.33. The highest BCUT2D eigenvalue weighted by Crippen LogP contribution is 2.49. The second kappa shape index (κ2) is 25.5. The van der Waals surface area contributed by atoms with Gasteiger partial charge in [0.1, 0.15) is 5.52 Å². The molecule has 0 aliphatic carbocycles. The summed E-state index contributed by atoms with van der Waals surface area (Å²) < 4.78 is 30.2. The fourth-order valence-corrected chi connectivity index (χ4v) is 7.31. The summed E-state index contributed by atoms with van der Waals surface area (Å²) in [6.07, 6.45) is 26.1. The van der Waals surface area contributed by atoms with Crippen molar-refractivity contribution < 1.29 is 23.5 Å². The van der Waals surface area contributed by atoms with Gasteiger partial charge in [-0.25, -0.2) is 4.98 Å². The second-order valence-corrected chi connectivity index (χ2v) is 14.4.